The number of hydrogen-bond acceptors (Lipinski definition) is 4. The van der Waals surface area contributed by atoms with Crippen molar-refractivity contribution in [2.45, 2.75) is 26.7 Å². The number of carbonyl (C=O) groups is 2. The fourth-order valence-corrected chi connectivity index (χ4v) is 4.75. The van der Waals surface area contributed by atoms with E-state index < -0.39 is 5.41 Å². The fraction of sp³-hybridized carbons (Fsp3) is 0.556. The van der Waals surface area contributed by atoms with Crippen molar-refractivity contribution in [3.05, 3.63) is 23.8 Å². The lowest BCUT2D eigenvalue weighted by Gasteiger charge is -2.54. The zero-order valence-electron chi connectivity index (χ0n) is 14.0. The van der Waals surface area contributed by atoms with E-state index in [2.05, 4.69) is 13.8 Å². The van der Waals surface area contributed by atoms with Crippen LogP contribution in [-0.4, -0.2) is 36.6 Å². The molecular weight excluding hydrogens is 308 g/mol. The van der Waals surface area contributed by atoms with Crippen molar-refractivity contribution in [2.75, 3.05) is 19.9 Å². The molecular formula is C18H22N2O4. The molecule has 2 N–H and O–H groups in total. The average Bonchev–Trinajstić information content (AvgIpc) is 3.09. The Kier molecular flexibility index (Phi) is 3.11. The molecule has 1 saturated carbocycles. The summed E-state index contributed by atoms with van der Waals surface area (Å²) in [6, 6.07) is 5.55. The number of hydrogen-bond donors (Lipinski definition) is 1. The van der Waals surface area contributed by atoms with Crippen molar-refractivity contribution in [2.24, 2.45) is 22.5 Å². The minimum Gasteiger partial charge on any atom is -0.454 e. The van der Waals surface area contributed by atoms with E-state index in [-0.39, 0.29) is 29.9 Å². The summed E-state index contributed by atoms with van der Waals surface area (Å²) in [5, 5.41) is 0. The number of fused-ring (bicyclic) bond motifs is 2. The van der Waals surface area contributed by atoms with Crippen LogP contribution in [0, 0.1) is 16.7 Å². The zero-order valence-corrected chi connectivity index (χ0v) is 14.0. The Bertz CT molecular complexity index is 730. The second-order valence-corrected chi connectivity index (χ2v) is 7.88. The standard InChI is InChI=1S/C18H22N2O4/c1-17(2)8-18(16(19)22)9-20(7-14(17)18)15(21)6-11-3-4-12-13(5-11)24-10-23-12/h3-5,14H,6-10H2,1-2H3,(H2,19,22)/t14-,18+/m1/s1. The van der Waals surface area contributed by atoms with E-state index >= 15 is 0 Å². The smallest absolute Gasteiger partial charge is 0.231 e. The molecule has 0 bridgehead atoms. The highest BCUT2D eigenvalue weighted by Crippen LogP contribution is 2.62. The molecule has 6 nitrogen and oxygen atoms in total. The van der Waals surface area contributed by atoms with Gasteiger partial charge in [0.25, 0.3) is 0 Å². The lowest BCUT2D eigenvalue weighted by Crippen LogP contribution is -2.59. The normalized spacial score (nSPS) is 29.1. The van der Waals surface area contributed by atoms with Gasteiger partial charge in [0.15, 0.2) is 11.5 Å². The molecule has 0 unspecified atom stereocenters. The maximum absolute atomic E-state index is 12.7. The Hall–Kier alpha value is -2.24. The summed E-state index contributed by atoms with van der Waals surface area (Å²) in [5.41, 5.74) is 6.07. The van der Waals surface area contributed by atoms with E-state index in [4.69, 9.17) is 15.2 Å². The van der Waals surface area contributed by atoms with Gasteiger partial charge in [-0.15, -0.1) is 0 Å². The molecule has 2 aliphatic heterocycles. The van der Waals surface area contributed by atoms with Crippen molar-refractivity contribution in [3.63, 3.8) is 0 Å². The van der Waals surface area contributed by atoms with E-state index in [0.29, 0.717) is 31.0 Å². The topological polar surface area (TPSA) is 81.9 Å². The van der Waals surface area contributed by atoms with Gasteiger partial charge in [-0.1, -0.05) is 19.9 Å². The molecule has 0 radical (unpaired) electrons. The molecule has 2 heterocycles. The number of rotatable bonds is 3. The van der Waals surface area contributed by atoms with Crippen LogP contribution in [0.3, 0.4) is 0 Å². The number of ether oxygens (including phenoxy) is 2. The first kappa shape index (κ1) is 15.3. The summed E-state index contributed by atoms with van der Waals surface area (Å²) >= 11 is 0. The maximum Gasteiger partial charge on any atom is 0.231 e. The van der Waals surface area contributed by atoms with E-state index in [1.165, 1.54) is 0 Å². The van der Waals surface area contributed by atoms with Crippen molar-refractivity contribution in [3.8, 4) is 11.5 Å². The number of carbonyl (C=O) groups excluding carboxylic acids is 2. The number of primary amides is 1. The minimum absolute atomic E-state index is 0.0275. The SMILES string of the molecule is CC1(C)C[C@]2(C(N)=O)CN(C(=O)Cc3ccc4c(c3)OCO4)C[C@H]12. The van der Waals surface area contributed by atoms with Gasteiger partial charge in [0.05, 0.1) is 11.8 Å². The van der Waals surface area contributed by atoms with Crippen molar-refractivity contribution >= 4 is 11.8 Å². The molecule has 2 atom stereocenters. The lowest BCUT2D eigenvalue weighted by molar-refractivity contribution is -0.148. The van der Waals surface area contributed by atoms with E-state index in [9.17, 15) is 9.59 Å². The van der Waals surface area contributed by atoms with Crippen LogP contribution in [0.1, 0.15) is 25.8 Å². The van der Waals surface area contributed by atoms with Crippen LogP contribution in [0.2, 0.25) is 0 Å². The number of nitrogens with two attached hydrogens (primary N) is 1. The van der Waals surface area contributed by atoms with Crippen LogP contribution in [0.25, 0.3) is 0 Å². The van der Waals surface area contributed by atoms with Crippen LogP contribution in [-0.2, 0) is 16.0 Å². The van der Waals surface area contributed by atoms with Crippen molar-refractivity contribution in [1.82, 2.24) is 4.90 Å². The summed E-state index contributed by atoms with van der Waals surface area (Å²) < 4.78 is 10.6. The molecule has 128 valence electrons. The molecule has 0 spiro atoms. The predicted molar refractivity (Wildman–Crippen MR) is 86.4 cm³/mol. The monoisotopic (exact) mass is 330 g/mol. The van der Waals surface area contributed by atoms with Gasteiger partial charge in [-0.3, -0.25) is 9.59 Å². The molecule has 0 aromatic heterocycles. The van der Waals surface area contributed by atoms with Gasteiger partial charge < -0.3 is 20.1 Å². The molecule has 2 amide bonds. The quantitative estimate of drug-likeness (QED) is 0.906. The molecule has 2 fully saturated rings. The number of nitrogens with zero attached hydrogens (tertiary/aromatic N) is 1. The lowest BCUT2D eigenvalue weighted by atomic mass is 9.48. The Balaban J connectivity index is 1.49. The van der Waals surface area contributed by atoms with Crippen LogP contribution < -0.4 is 15.2 Å². The average molecular weight is 330 g/mol. The second kappa shape index (κ2) is 4.88. The van der Waals surface area contributed by atoms with Crippen molar-refractivity contribution < 1.29 is 19.1 Å². The first-order valence-electron chi connectivity index (χ1n) is 8.28. The molecule has 1 aliphatic carbocycles. The summed E-state index contributed by atoms with van der Waals surface area (Å²) in [5.74, 6) is 1.30. The molecule has 1 aromatic carbocycles. The number of benzene rings is 1. The molecule has 24 heavy (non-hydrogen) atoms. The molecule has 3 aliphatic rings. The molecule has 4 rings (SSSR count). The number of likely N-dealkylation sites (tertiary alicyclic amines) is 1. The van der Waals surface area contributed by atoms with Gasteiger partial charge in [0, 0.05) is 13.1 Å². The third kappa shape index (κ3) is 2.08. The zero-order chi connectivity index (χ0) is 17.1. The van der Waals surface area contributed by atoms with Gasteiger partial charge >= 0.3 is 0 Å². The van der Waals surface area contributed by atoms with Gasteiger partial charge in [0.2, 0.25) is 18.6 Å². The van der Waals surface area contributed by atoms with Gasteiger partial charge in [-0.05, 0) is 35.4 Å². The third-order valence-electron chi connectivity index (χ3n) is 5.89. The largest absolute Gasteiger partial charge is 0.454 e. The second-order valence-electron chi connectivity index (χ2n) is 7.88. The van der Waals surface area contributed by atoms with Gasteiger partial charge in [-0.25, -0.2) is 0 Å². The predicted octanol–water partition coefficient (Wildman–Crippen LogP) is 1.32. The minimum atomic E-state index is -0.534. The fourth-order valence-electron chi connectivity index (χ4n) is 4.75. The van der Waals surface area contributed by atoms with E-state index in [1.54, 1.807) is 4.90 Å². The van der Waals surface area contributed by atoms with Crippen LogP contribution in [0.5, 0.6) is 11.5 Å². The Labute approximate surface area is 140 Å². The van der Waals surface area contributed by atoms with Crippen LogP contribution >= 0.6 is 0 Å². The maximum atomic E-state index is 12.7. The molecule has 6 heteroatoms. The first-order chi connectivity index (χ1) is 11.3. The Morgan fingerprint density at radius 1 is 1.29 bits per heavy atom. The molecule has 1 saturated heterocycles. The van der Waals surface area contributed by atoms with E-state index in [1.807, 2.05) is 18.2 Å². The van der Waals surface area contributed by atoms with Crippen LogP contribution in [0.4, 0.5) is 0 Å². The highest BCUT2D eigenvalue weighted by atomic mass is 16.7. The Morgan fingerprint density at radius 2 is 2.04 bits per heavy atom. The molecule has 1 aromatic rings. The summed E-state index contributed by atoms with van der Waals surface area (Å²) in [4.78, 5) is 26.5. The first-order valence-corrected chi connectivity index (χ1v) is 8.28. The van der Waals surface area contributed by atoms with Gasteiger partial charge in [0.1, 0.15) is 0 Å². The highest BCUT2D eigenvalue weighted by molar-refractivity contribution is 5.86. The third-order valence-corrected chi connectivity index (χ3v) is 5.89. The highest BCUT2D eigenvalue weighted by Gasteiger charge is 2.66. The summed E-state index contributed by atoms with van der Waals surface area (Å²) in [6.07, 6.45) is 1.05. The number of amides is 2. The van der Waals surface area contributed by atoms with E-state index in [0.717, 1.165) is 12.0 Å². The Morgan fingerprint density at radius 3 is 2.71 bits per heavy atom. The summed E-state index contributed by atoms with van der Waals surface area (Å²) in [6.45, 7) is 5.56. The van der Waals surface area contributed by atoms with Crippen LogP contribution in [0.15, 0.2) is 18.2 Å². The van der Waals surface area contributed by atoms with Gasteiger partial charge in [-0.2, -0.15) is 0 Å². The van der Waals surface area contributed by atoms with Crippen molar-refractivity contribution in [1.29, 1.82) is 0 Å². The summed E-state index contributed by atoms with van der Waals surface area (Å²) in [7, 11) is 0.